The molecule has 3 N–H and O–H groups in total. The number of nitrogens with one attached hydrogen (secondary N) is 2. The number of carbonyl (C=O) groups excluding carboxylic acids is 1. The van der Waals surface area contributed by atoms with E-state index in [-0.39, 0.29) is 23.7 Å². The topological polar surface area (TPSA) is 107 Å². The van der Waals surface area contributed by atoms with Gasteiger partial charge in [0.1, 0.15) is 23.1 Å². The quantitative estimate of drug-likeness (QED) is 0.347. The van der Waals surface area contributed by atoms with Crippen molar-refractivity contribution in [3.05, 3.63) is 65.9 Å². The van der Waals surface area contributed by atoms with Crippen LogP contribution in [0.15, 0.2) is 60.3 Å². The summed E-state index contributed by atoms with van der Waals surface area (Å²) in [6.07, 6.45) is 7.22. The van der Waals surface area contributed by atoms with E-state index in [4.69, 9.17) is 4.74 Å². The second kappa shape index (κ2) is 13.8. The number of rotatable bonds is 5. The van der Waals surface area contributed by atoms with Crippen LogP contribution in [0.4, 0.5) is 5.69 Å². The van der Waals surface area contributed by atoms with Gasteiger partial charge in [-0.3, -0.25) is 9.78 Å². The smallest absolute Gasteiger partial charge is 0.266 e. The van der Waals surface area contributed by atoms with Gasteiger partial charge in [-0.25, -0.2) is 0 Å². The Morgan fingerprint density at radius 3 is 2.62 bits per heavy atom. The van der Waals surface area contributed by atoms with Crippen LogP contribution in [0.2, 0.25) is 0 Å². The summed E-state index contributed by atoms with van der Waals surface area (Å²) in [7, 11) is 0. The molecule has 0 radical (unpaired) electrons. The van der Waals surface area contributed by atoms with Crippen molar-refractivity contribution >= 4 is 41.0 Å². The number of anilines is 1. The zero-order chi connectivity index (χ0) is 23.5. The number of phenolic OH excluding ortho intramolecular Hbond substituents is 1. The maximum absolute atomic E-state index is 12.5. The van der Waals surface area contributed by atoms with Crippen LogP contribution in [-0.2, 0) is 4.79 Å². The number of nitrogens with zero attached hydrogens (tertiary/aromatic N) is 2. The highest BCUT2D eigenvalue weighted by Gasteiger charge is 2.13. The molecule has 1 aromatic heterocycles. The fourth-order valence-corrected chi connectivity index (χ4v) is 3.41. The SMILES string of the molecule is C1CCNCC1.CCOc1ccc(C=C(C#N)C(=O)Nc2cccc3ncccc23)c(O)c1.Cl. The van der Waals surface area contributed by atoms with Gasteiger partial charge in [-0.2, -0.15) is 5.26 Å². The van der Waals surface area contributed by atoms with Gasteiger partial charge in [-0.15, -0.1) is 12.4 Å². The first-order valence-corrected chi connectivity index (χ1v) is 11.1. The summed E-state index contributed by atoms with van der Waals surface area (Å²) in [4.78, 5) is 16.8. The molecule has 1 aliphatic heterocycles. The molecule has 1 fully saturated rings. The maximum Gasteiger partial charge on any atom is 0.266 e. The van der Waals surface area contributed by atoms with Crippen molar-refractivity contribution in [2.24, 2.45) is 0 Å². The molecule has 1 amide bonds. The number of hydrogen-bond donors (Lipinski definition) is 3. The molecule has 8 heteroatoms. The first-order valence-electron chi connectivity index (χ1n) is 11.1. The minimum absolute atomic E-state index is 0. The van der Waals surface area contributed by atoms with Crippen LogP contribution in [0, 0.1) is 11.3 Å². The highest BCUT2D eigenvalue weighted by atomic mass is 35.5. The summed E-state index contributed by atoms with van der Waals surface area (Å²) in [6.45, 7) is 4.81. The number of aromatic nitrogens is 1. The number of carbonyl (C=O) groups is 1. The number of ether oxygens (including phenoxy) is 1. The Balaban J connectivity index is 0.000000508. The van der Waals surface area contributed by atoms with Crippen molar-refractivity contribution in [3.8, 4) is 17.6 Å². The molecule has 0 bridgehead atoms. The predicted octanol–water partition coefficient (Wildman–Crippen LogP) is 5.07. The monoisotopic (exact) mass is 480 g/mol. The Kier molecular flexibility index (Phi) is 10.8. The number of nitriles is 1. The van der Waals surface area contributed by atoms with Crippen LogP contribution in [0.25, 0.3) is 17.0 Å². The Morgan fingerprint density at radius 1 is 1.21 bits per heavy atom. The average molecular weight is 481 g/mol. The number of benzene rings is 2. The van der Waals surface area contributed by atoms with Crippen molar-refractivity contribution in [1.82, 2.24) is 10.3 Å². The number of halogens is 1. The Morgan fingerprint density at radius 2 is 2.00 bits per heavy atom. The predicted molar refractivity (Wildman–Crippen MR) is 137 cm³/mol. The van der Waals surface area contributed by atoms with E-state index in [1.165, 1.54) is 44.5 Å². The fourth-order valence-electron chi connectivity index (χ4n) is 3.41. The van der Waals surface area contributed by atoms with Gasteiger partial charge >= 0.3 is 0 Å². The van der Waals surface area contributed by atoms with Crippen molar-refractivity contribution in [3.63, 3.8) is 0 Å². The molecule has 4 rings (SSSR count). The van der Waals surface area contributed by atoms with Crippen molar-refractivity contribution in [1.29, 1.82) is 5.26 Å². The number of hydrogen-bond acceptors (Lipinski definition) is 6. The first kappa shape index (κ1) is 26.7. The molecule has 3 aromatic rings. The van der Waals surface area contributed by atoms with E-state index >= 15 is 0 Å². The van der Waals surface area contributed by atoms with E-state index in [2.05, 4.69) is 15.6 Å². The average Bonchev–Trinajstić information content (AvgIpc) is 2.85. The fraction of sp³-hybridized carbons (Fsp3) is 0.269. The van der Waals surface area contributed by atoms with Gasteiger partial charge in [-0.05, 0) is 75.3 Å². The van der Waals surface area contributed by atoms with Gasteiger partial charge in [0.15, 0.2) is 0 Å². The first-order chi connectivity index (χ1) is 16.1. The second-order valence-electron chi connectivity index (χ2n) is 7.46. The zero-order valence-electron chi connectivity index (χ0n) is 19.1. The lowest BCUT2D eigenvalue weighted by Crippen LogP contribution is -2.21. The van der Waals surface area contributed by atoms with Gasteiger partial charge in [0, 0.05) is 23.2 Å². The number of fused-ring (bicyclic) bond motifs is 1. The van der Waals surface area contributed by atoms with Gasteiger partial charge < -0.3 is 20.5 Å². The molecule has 0 unspecified atom stereocenters. The Hall–Kier alpha value is -3.60. The van der Waals surface area contributed by atoms with E-state index < -0.39 is 5.91 Å². The Bertz CT molecular complexity index is 1150. The van der Waals surface area contributed by atoms with Crippen molar-refractivity contribution in [2.75, 3.05) is 25.0 Å². The molecule has 0 atom stereocenters. The number of phenols is 1. The summed E-state index contributed by atoms with van der Waals surface area (Å²) in [6, 6.07) is 15.5. The molecule has 0 aliphatic carbocycles. The number of amides is 1. The van der Waals surface area contributed by atoms with Crippen LogP contribution in [0.3, 0.4) is 0 Å². The van der Waals surface area contributed by atoms with Crippen LogP contribution in [0.1, 0.15) is 31.7 Å². The number of aromatic hydroxyl groups is 1. The molecule has 0 spiro atoms. The van der Waals surface area contributed by atoms with E-state index in [1.54, 1.807) is 36.5 Å². The van der Waals surface area contributed by atoms with Gasteiger partial charge in [-0.1, -0.05) is 12.5 Å². The molecule has 7 nitrogen and oxygen atoms in total. The van der Waals surface area contributed by atoms with Crippen LogP contribution >= 0.6 is 12.4 Å². The third-order valence-corrected chi connectivity index (χ3v) is 5.08. The van der Waals surface area contributed by atoms with Crippen molar-refractivity contribution in [2.45, 2.75) is 26.2 Å². The lowest BCUT2D eigenvalue weighted by molar-refractivity contribution is -0.112. The van der Waals surface area contributed by atoms with Crippen LogP contribution in [-0.4, -0.2) is 35.7 Å². The summed E-state index contributed by atoms with van der Waals surface area (Å²) in [5, 5.41) is 26.3. The summed E-state index contributed by atoms with van der Waals surface area (Å²) in [5.74, 6) is -0.128. The summed E-state index contributed by atoms with van der Waals surface area (Å²) in [5.41, 5.74) is 1.52. The molecule has 2 aromatic carbocycles. The van der Waals surface area contributed by atoms with E-state index in [0.29, 0.717) is 23.6 Å². The maximum atomic E-state index is 12.5. The molecule has 2 heterocycles. The molecule has 34 heavy (non-hydrogen) atoms. The summed E-state index contributed by atoms with van der Waals surface area (Å²) >= 11 is 0. The largest absolute Gasteiger partial charge is 0.507 e. The molecule has 1 saturated heterocycles. The highest BCUT2D eigenvalue weighted by molar-refractivity contribution is 6.12. The van der Waals surface area contributed by atoms with E-state index in [9.17, 15) is 15.2 Å². The van der Waals surface area contributed by atoms with Gasteiger partial charge in [0.2, 0.25) is 0 Å². The highest BCUT2D eigenvalue weighted by Crippen LogP contribution is 2.26. The minimum atomic E-state index is -0.567. The molecular weight excluding hydrogens is 452 g/mol. The third-order valence-electron chi connectivity index (χ3n) is 5.08. The number of piperidine rings is 1. The molecule has 178 valence electrons. The van der Waals surface area contributed by atoms with Gasteiger partial charge in [0.25, 0.3) is 5.91 Å². The van der Waals surface area contributed by atoms with Crippen molar-refractivity contribution < 1.29 is 14.6 Å². The van der Waals surface area contributed by atoms with Gasteiger partial charge in [0.05, 0.1) is 17.8 Å². The second-order valence-corrected chi connectivity index (χ2v) is 7.46. The Labute approximate surface area is 205 Å². The van der Waals surface area contributed by atoms with E-state index in [1.807, 2.05) is 25.1 Å². The summed E-state index contributed by atoms with van der Waals surface area (Å²) < 4.78 is 5.31. The lowest BCUT2D eigenvalue weighted by atomic mass is 10.1. The lowest BCUT2D eigenvalue weighted by Gasteiger charge is -2.08. The van der Waals surface area contributed by atoms with Crippen LogP contribution < -0.4 is 15.4 Å². The van der Waals surface area contributed by atoms with E-state index in [0.717, 1.165) is 10.9 Å². The van der Waals surface area contributed by atoms with Crippen LogP contribution in [0.5, 0.6) is 11.5 Å². The molecular formula is C26H29ClN4O3. The third kappa shape index (κ3) is 7.48. The zero-order valence-corrected chi connectivity index (χ0v) is 19.9. The molecule has 0 saturated carbocycles. The number of pyridine rings is 1. The molecule has 1 aliphatic rings. The normalized spacial score (nSPS) is 13.0. The minimum Gasteiger partial charge on any atom is -0.507 e. The standard InChI is InChI=1S/C21H17N3O3.C5H11N.ClH/c1-2-27-16-9-8-14(20(25)12-16)11-15(13-22)21(26)24-19-7-3-6-18-17(19)5-4-10-23-18;1-2-4-6-5-3-1;/h3-12,25H,2H2,1H3,(H,24,26);6H,1-5H2;1H.